The third-order valence-corrected chi connectivity index (χ3v) is 14.9. The van der Waals surface area contributed by atoms with Crippen molar-refractivity contribution in [1.82, 2.24) is 0 Å². The van der Waals surface area contributed by atoms with Crippen LogP contribution in [0, 0.1) is 0 Å². The van der Waals surface area contributed by atoms with Gasteiger partial charge in [0.05, 0.1) is 22.4 Å². The molecule has 3 heterocycles. The minimum absolute atomic E-state index is 0.857. The molecule has 0 atom stereocenters. The molecule has 0 aliphatic carbocycles. The van der Waals surface area contributed by atoms with Crippen LogP contribution in [0.4, 0.5) is 51.2 Å². The number of thiophene rings is 2. The average molecular weight is 882 g/mol. The van der Waals surface area contributed by atoms with Gasteiger partial charge >= 0.3 is 0 Å². The van der Waals surface area contributed by atoms with E-state index in [-0.39, 0.29) is 0 Å². The fourth-order valence-corrected chi connectivity index (χ4v) is 12.0. The van der Waals surface area contributed by atoms with Crippen LogP contribution in [0.5, 0.6) is 0 Å². The topological polar surface area (TPSA) is 22.9 Å². The summed E-state index contributed by atoms with van der Waals surface area (Å²) in [6, 6.07) is 85.1. The average Bonchev–Trinajstić information content (AvgIpc) is 4.08. The highest BCUT2D eigenvalue weighted by Crippen LogP contribution is 2.51. The van der Waals surface area contributed by atoms with E-state index < -0.39 is 0 Å². The van der Waals surface area contributed by atoms with Crippen LogP contribution in [0.3, 0.4) is 0 Å². The number of para-hydroxylation sites is 5. The second-order valence-electron chi connectivity index (χ2n) is 16.5. The zero-order valence-corrected chi connectivity index (χ0v) is 37.2. The van der Waals surface area contributed by atoms with Crippen molar-refractivity contribution in [3.8, 4) is 0 Å². The smallest absolute Gasteiger partial charge is 0.137 e. The van der Waals surface area contributed by atoms with Crippen LogP contribution < -0.4 is 14.7 Å². The molecule has 13 rings (SSSR count). The van der Waals surface area contributed by atoms with Crippen molar-refractivity contribution < 1.29 is 4.42 Å². The molecule has 0 radical (unpaired) electrons. The maximum absolute atomic E-state index is 6.56. The van der Waals surface area contributed by atoms with E-state index in [0.717, 1.165) is 73.1 Å². The van der Waals surface area contributed by atoms with Gasteiger partial charge in [0.2, 0.25) is 0 Å². The lowest BCUT2D eigenvalue weighted by atomic mass is 10.0. The van der Waals surface area contributed by atoms with Gasteiger partial charge in [-0.25, -0.2) is 0 Å². The molecule has 3 aromatic heterocycles. The summed E-state index contributed by atoms with van der Waals surface area (Å²) in [6.45, 7) is 0. The van der Waals surface area contributed by atoms with Gasteiger partial charge in [0, 0.05) is 79.9 Å². The molecule has 6 heteroatoms. The lowest BCUT2D eigenvalue weighted by molar-refractivity contribution is 0.669. The van der Waals surface area contributed by atoms with Crippen molar-refractivity contribution in [3.05, 3.63) is 237 Å². The minimum Gasteiger partial charge on any atom is -0.456 e. The molecule has 0 amide bonds. The van der Waals surface area contributed by atoms with Crippen molar-refractivity contribution in [2.45, 2.75) is 0 Å². The number of hydrogen-bond donors (Lipinski definition) is 0. The zero-order valence-electron chi connectivity index (χ0n) is 35.6. The first kappa shape index (κ1) is 38.3. The second kappa shape index (κ2) is 15.8. The Kier molecular flexibility index (Phi) is 9.18. The van der Waals surface area contributed by atoms with E-state index >= 15 is 0 Å². The van der Waals surface area contributed by atoms with Crippen LogP contribution in [-0.2, 0) is 0 Å². The van der Waals surface area contributed by atoms with Crippen molar-refractivity contribution >= 4 is 136 Å². The SMILES string of the molecule is c1ccc(N(c2ccccc2)c2cccc3sc4ccc(N(c5ccc6sc7cccc(N(c8ccccc8)c8ccccc8)c7c6c5)c5cccc6oc7ccccc7c56)cc4c23)cc1. The van der Waals surface area contributed by atoms with E-state index in [0.29, 0.717) is 0 Å². The highest BCUT2D eigenvalue weighted by molar-refractivity contribution is 7.26. The molecule has 0 N–H and O–H groups in total. The van der Waals surface area contributed by atoms with Crippen LogP contribution in [-0.4, -0.2) is 0 Å². The van der Waals surface area contributed by atoms with Gasteiger partial charge in [-0.1, -0.05) is 109 Å². The first-order valence-electron chi connectivity index (χ1n) is 22.2. The maximum atomic E-state index is 6.56. The van der Waals surface area contributed by atoms with Crippen molar-refractivity contribution in [2.75, 3.05) is 14.7 Å². The Hall–Kier alpha value is -8.16. The molecule has 312 valence electrons. The molecule has 0 unspecified atom stereocenters. The molecule has 10 aromatic carbocycles. The Morgan fingerprint density at radius 3 is 1.11 bits per heavy atom. The third kappa shape index (κ3) is 6.33. The largest absolute Gasteiger partial charge is 0.456 e. The first-order valence-corrected chi connectivity index (χ1v) is 23.8. The van der Waals surface area contributed by atoms with E-state index in [2.05, 4.69) is 245 Å². The fraction of sp³-hybridized carbons (Fsp3) is 0. The van der Waals surface area contributed by atoms with Gasteiger partial charge in [0.1, 0.15) is 11.2 Å². The highest BCUT2D eigenvalue weighted by atomic mass is 32.1. The normalized spacial score (nSPS) is 11.6. The lowest BCUT2D eigenvalue weighted by Gasteiger charge is -2.28. The highest BCUT2D eigenvalue weighted by Gasteiger charge is 2.24. The number of hydrogen-bond acceptors (Lipinski definition) is 6. The lowest BCUT2D eigenvalue weighted by Crippen LogP contribution is -2.11. The van der Waals surface area contributed by atoms with E-state index in [1.165, 1.54) is 40.3 Å². The van der Waals surface area contributed by atoms with Crippen LogP contribution in [0.15, 0.2) is 241 Å². The standard InChI is InChI=1S/C60H39N3OS2/c1-5-18-40(19-6-1)61(41-20-7-2-8-21-41)50-28-16-32-56-59(50)47-38-44(34-36-54(47)65-56)63(49-27-15-31-53-58(49)46-26-13-14-30-52(46)64-53)45-35-37-55-48(39-45)60-51(29-17-33-57(60)66-55)62(42-22-9-3-10-23-42)43-24-11-4-12-25-43/h1-39H. The predicted molar refractivity (Wildman–Crippen MR) is 284 cm³/mol. The van der Waals surface area contributed by atoms with Gasteiger partial charge in [0.15, 0.2) is 0 Å². The fourth-order valence-electron chi connectivity index (χ4n) is 9.78. The number of benzene rings is 10. The molecular weight excluding hydrogens is 843 g/mol. The van der Waals surface area contributed by atoms with E-state index in [1.807, 2.05) is 28.7 Å². The monoisotopic (exact) mass is 881 g/mol. The molecule has 66 heavy (non-hydrogen) atoms. The number of fused-ring (bicyclic) bond motifs is 9. The van der Waals surface area contributed by atoms with Gasteiger partial charge in [-0.3, -0.25) is 0 Å². The molecule has 0 aliphatic heterocycles. The molecule has 0 saturated carbocycles. The molecule has 0 spiro atoms. The zero-order chi connectivity index (χ0) is 43.6. The van der Waals surface area contributed by atoms with Gasteiger partial charge in [-0.15, -0.1) is 22.7 Å². The molecule has 0 fully saturated rings. The molecule has 0 saturated heterocycles. The summed E-state index contributed by atoms with van der Waals surface area (Å²) >= 11 is 3.69. The first-order chi connectivity index (χ1) is 32.7. The third-order valence-electron chi connectivity index (χ3n) is 12.6. The quantitative estimate of drug-likeness (QED) is 0.144. The summed E-state index contributed by atoms with van der Waals surface area (Å²) in [5.41, 5.74) is 11.6. The Labute approximate surface area is 389 Å². The Morgan fingerprint density at radius 1 is 0.258 bits per heavy atom. The molecular formula is C60H39N3OS2. The molecule has 13 aromatic rings. The van der Waals surface area contributed by atoms with Crippen LogP contribution in [0.1, 0.15) is 0 Å². The van der Waals surface area contributed by atoms with E-state index in [9.17, 15) is 0 Å². The van der Waals surface area contributed by atoms with Crippen LogP contribution in [0.25, 0.3) is 62.3 Å². The summed E-state index contributed by atoms with van der Waals surface area (Å²) in [7, 11) is 0. The minimum atomic E-state index is 0.857. The summed E-state index contributed by atoms with van der Waals surface area (Å²) in [6.07, 6.45) is 0. The Balaban J connectivity index is 1.07. The second-order valence-corrected chi connectivity index (χ2v) is 18.6. The number of rotatable bonds is 9. The van der Waals surface area contributed by atoms with Crippen molar-refractivity contribution in [2.24, 2.45) is 0 Å². The van der Waals surface area contributed by atoms with Crippen molar-refractivity contribution in [3.63, 3.8) is 0 Å². The summed E-state index contributed by atoms with van der Waals surface area (Å²) in [5, 5.41) is 7.04. The van der Waals surface area contributed by atoms with Crippen molar-refractivity contribution in [1.29, 1.82) is 0 Å². The molecule has 0 aliphatic rings. The van der Waals surface area contributed by atoms with E-state index in [1.54, 1.807) is 0 Å². The number of nitrogens with zero attached hydrogens (tertiary/aromatic N) is 3. The van der Waals surface area contributed by atoms with E-state index in [4.69, 9.17) is 4.42 Å². The molecule has 0 bridgehead atoms. The molecule has 4 nitrogen and oxygen atoms in total. The maximum Gasteiger partial charge on any atom is 0.137 e. The van der Waals surface area contributed by atoms with Gasteiger partial charge < -0.3 is 19.1 Å². The van der Waals surface area contributed by atoms with Crippen LogP contribution in [0.2, 0.25) is 0 Å². The van der Waals surface area contributed by atoms with Gasteiger partial charge in [-0.05, 0) is 127 Å². The van der Waals surface area contributed by atoms with Crippen LogP contribution >= 0.6 is 22.7 Å². The summed E-state index contributed by atoms with van der Waals surface area (Å²) in [5.74, 6) is 0. The Bertz CT molecular complexity index is 3620. The number of furan rings is 1. The summed E-state index contributed by atoms with van der Waals surface area (Å²) < 4.78 is 11.5. The Morgan fingerprint density at radius 2 is 0.636 bits per heavy atom. The predicted octanol–water partition coefficient (Wildman–Crippen LogP) is 18.7. The summed E-state index contributed by atoms with van der Waals surface area (Å²) in [4.78, 5) is 7.22. The number of anilines is 9. The van der Waals surface area contributed by atoms with Gasteiger partial charge in [-0.2, -0.15) is 0 Å². The van der Waals surface area contributed by atoms with Gasteiger partial charge in [0.25, 0.3) is 0 Å².